The van der Waals surface area contributed by atoms with E-state index in [4.69, 9.17) is 5.73 Å². The maximum absolute atomic E-state index is 14.0. The summed E-state index contributed by atoms with van der Waals surface area (Å²) in [5.41, 5.74) is 6.73. The normalized spacial score (nSPS) is 26.0. The van der Waals surface area contributed by atoms with Crippen molar-refractivity contribution in [3.8, 4) is 0 Å². The van der Waals surface area contributed by atoms with Gasteiger partial charge in [-0.2, -0.15) is 0 Å². The second-order valence-electron chi connectivity index (χ2n) is 5.58. The van der Waals surface area contributed by atoms with E-state index in [9.17, 15) is 9.18 Å². The van der Waals surface area contributed by atoms with Crippen LogP contribution in [0.3, 0.4) is 0 Å². The minimum absolute atomic E-state index is 0. The number of amides is 1. The molecule has 0 spiro atoms. The van der Waals surface area contributed by atoms with Gasteiger partial charge in [0.2, 0.25) is 5.91 Å². The number of carbonyl (C=O) groups excluding carboxylic acids is 1. The molecule has 1 aliphatic carbocycles. The molecule has 5 heteroatoms. The molecule has 3 nitrogen and oxygen atoms in total. The summed E-state index contributed by atoms with van der Waals surface area (Å²) in [5, 5.41) is 0. The van der Waals surface area contributed by atoms with Gasteiger partial charge in [0.25, 0.3) is 0 Å². The van der Waals surface area contributed by atoms with Gasteiger partial charge in [0.05, 0.1) is 6.04 Å². The van der Waals surface area contributed by atoms with Crippen LogP contribution in [0, 0.1) is 11.7 Å². The van der Waals surface area contributed by atoms with Gasteiger partial charge in [-0.25, -0.2) is 4.39 Å². The topological polar surface area (TPSA) is 46.3 Å². The van der Waals surface area contributed by atoms with E-state index < -0.39 is 0 Å². The van der Waals surface area contributed by atoms with Crippen LogP contribution in [0.1, 0.15) is 37.3 Å². The van der Waals surface area contributed by atoms with Gasteiger partial charge >= 0.3 is 0 Å². The van der Waals surface area contributed by atoms with E-state index in [0.717, 1.165) is 25.7 Å². The van der Waals surface area contributed by atoms with Crippen LogP contribution in [0.5, 0.6) is 0 Å². The molecule has 2 fully saturated rings. The Kier molecular flexibility index (Phi) is 4.66. The second kappa shape index (κ2) is 6.10. The maximum atomic E-state index is 14.0. The first kappa shape index (κ1) is 15.3. The van der Waals surface area contributed by atoms with E-state index >= 15 is 0 Å². The van der Waals surface area contributed by atoms with Crippen LogP contribution in [0.2, 0.25) is 0 Å². The van der Waals surface area contributed by atoms with Crippen molar-refractivity contribution in [1.29, 1.82) is 0 Å². The van der Waals surface area contributed by atoms with Crippen LogP contribution >= 0.6 is 12.4 Å². The fourth-order valence-corrected chi connectivity index (χ4v) is 2.95. The van der Waals surface area contributed by atoms with Crippen molar-refractivity contribution >= 4 is 18.3 Å². The molecule has 0 aromatic heterocycles. The number of carbonyl (C=O) groups is 1. The van der Waals surface area contributed by atoms with Crippen molar-refractivity contribution in [3.63, 3.8) is 0 Å². The highest BCUT2D eigenvalue weighted by Crippen LogP contribution is 2.38. The molecule has 1 aliphatic heterocycles. The van der Waals surface area contributed by atoms with Gasteiger partial charge in [0.1, 0.15) is 5.82 Å². The number of rotatable bonds is 2. The first-order chi connectivity index (χ1) is 9.18. The first-order valence-electron chi connectivity index (χ1n) is 6.99. The number of likely N-dealkylation sites (tertiary alicyclic amines) is 1. The van der Waals surface area contributed by atoms with E-state index in [1.54, 1.807) is 18.2 Å². The van der Waals surface area contributed by atoms with Crippen molar-refractivity contribution in [2.45, 2.75) is 37.8 Å². The van der Waals surface area contributed by atoms with Crippen LogP contribution in [0.25, 0.3) is 0 Å². The molecule has 2 N–H and O–H groups in total. The third-order valence-electron chi connectivity index (χ3n) is 4.11. The van der Waals surface area contributed by atoms with E-state index in [-0.39, 0.29) is 42.1 Å². The number of nitrogens with two attached hydrogens (primary N) is 1. The maximum Gasteiger partial charge on any atom is 0.226 e. The van der Waals surface area contributed by atoms with Gasteiger partial charge < -0.3 is 10.6 Å². The van der Waals surface area contributed by atoms with Crippen LogP contribution in [-0.4, -0.2) is 23.4 Å². The molecule has 1 aromatic rings. The fraction of sp³-hybridized carbons (Fsp3) is 0.533. The van der Waals surface area contributed by atoms with Crippen molar-refractivity contribution in [1.82, 2.24) is 4.90 Å². The number of benzene rings is 1. The Morgan fingerprint density at radius 1 is 1.25 bits per heavy atom. The molecule has 1 heterocycles. The molecule has 2 atom stereocenters. The monoisotopic (exact) mass is 298 g/mol. The van der Waals surface area contributed by atoms with Gasteiger partial charge in [-0.3, -0.25) is 4.79 Å². The lowest BCUT2D eigenvalue weighted by Gasteiger charge is -2.40. The third-order valence-corrected chi connectivity index (χ3v) is 4.11. The zero-order valence-corrected chi connectivity index (χ0v) is 12.1. The summed E-state index contributed by atoms with van der Waals surface area (Å²) in [5.74, 6) is 0.0430. The summed E-state index contributed by atoms with van der Waals surface area (Å²) >= 11 is 0. The Balaban J connectivity index is 0.00000147. The quantitative estimate of drug-likeness (QED) is 0.912. The number of nitrogens with zero attached hydrogens (tertiary/aromatic N) is 1. The van der Waals surface area contributed by atoms with Crippen molar-refractivity contribution in [2.75, 3.05) is 6.54 Å². The molecule has 110 valence electrons. The van der Waals surface area contributed by atoms with Crippen LogP contribution in [-0.2, 0) is 4.79 Å². The molecule has 1 saturated heterocycles. The number of hydrogen-bond donors (Lipinski definition) is 1. The Morgan fingerprint density at radius 3 is 2.60 bits per heavy atom. The highest BCUT2D eigenvalue weighted by Gasteiger charge is 2.40. The molecule has 3 rings (SSSR count). The molecule has 0 radical (unpaired) electrons. The minimum atomic E-state index is -0.303. The van der Waals surface area contributed by atoms with Crippen LogP contribution in [0.15, 0.2) is 24.3 Å². The molecule has 1 saturated carbocycles. The fourth-order valence-electron chi connectivity index (χ4n) is 2.95. The zero-order chi connectivity index (χ0) is 13.4. The minimum Gasteiger partial charge on any atom is -0.334 e. The molecule has 1 aromatic carbocycles. The first-order valence-corrected chi connectivity index (χ1v) is 6.99. The number of piperidine rings is 1. The van der Waals surface area contributed by atoms with E-state index in [0.29, 0.717) is 12.1 Å². The van der Waals surface area contributed by atoms with Crippen LogP contribution in [0.4, 0.5) is 4.39 Å². The average Bonchev–Trinajstić information content (AvgIpc) is 3.23. The molecule has 2 aliphatic rings. The zero-order valence-electron chi connectivity index (χ0n) is 11.3. The van der Waals surface area contributed by atoms with E-state index in [1.165, 1.54) is 6.07 Å². The number of hydrogen-bond acceptors (Lipinski definition) is 2. The lowest BCUT2D eigenvalue weighted by molar-refractivity contribution is -0.137. The molecule has 1 amide bonds. The summed E-state index contributed by atoms with van der Waals surface area (Å²) < 4.78 is 14.0. The van der Waals surface area contributed by atoms with Gasteiger partial charge in [0.15, 0.2) is 0 Å². The SMILES string of the molecule is Cl.N[C@@H]1CCCN(C(=O)C2CC2)[C@H]1c1ccccc1F. The summed E-state index contributed by atoms with van der Waals surface area (Å²) in [6.07, 6.45) is 3.68. The molecular formula is C15H20ClFN2O. The van der Waals surface area contributed by atoms with E-state index in [1.807, 2.05) is 4.90 Å². The van der Waals surface area contributed by atoms with Gasteiger partial charge in [-0.15, -0.1) is 12.4 Å². The molecule has 0 unspecified atom stereocenters. The predicted octanol–water partition coefficient (Wildman–Crippen LogP) is 2.65. The lowest BCUT2D eigenvalue weighted by Crippen LogP contribution is -2.49. The molecule has 20 heavy (non-hydrogen) atoms. The predicted molar refractivity (Wildman–Crippen MR) is 78.0 cm³/mol. The molecular weight excluding hydrogens is 279 g/mol. The largest absolute Gasteiger partial charge is 0.334 e. The number of halogens is 2. The van der Waals surface area contributed by atoms with E-state index in [2.05, 4.69) is 0 Å². The highest BCUT2D eigenvalue weighted by atomic mass is 35.5. The Labute approximate surface area is 124 Å². The smallest absolute Gasteiger partial charge is 0.226 e. The third kappa shape index (κ3) is 2.81. The van der Waals surface area contributed by atoms with Gasteiger partial charge in [-0.1, -0.05) is 18.2 Å². The van der Waals surface area contributed by atoms with Crippen molar-refractivity contribution in [3.05, 3.63) is 35.6 Å². The second-order valence-corrected chi connectivity index (χ2v) is 5.58. The summed E-state index contributed by atoms with van der Waals surface area (Å²) in [7, 11) is 0. The van der Waals surface area contributed by atoms with Gasteiger partial charge in [-0.05, 0) is 31.7 Å². The Morgan fingerprint density at radius 2 is 1.95 bits per heavy atom. The summed E-state index contributed by atoms with van der Waals surface area (Å²) in [4.78, 5) is 14.2. The summed E-state index contributed by atoms with van der Waals surface area (Å²) in [6.45, 7) is 0.696. The Bertz CT molecular complexity index is 493. The molecule has 0 bridgehead atoms. The Hall–Kier alpha value is -1.13. The lowest BCUT2D eigenvalue weighted by atomic mass is 9.90. The van der Waals surface area contributed by atoms with Crippen molar-refractivity contribution in [2.24, 2.45) is 11.7 Å². The van der Waals surface area contributed by atoms with Gasteiger partial charge in [0, 0.05) is 24.1 Å². The summed E-state index contributed by atoms with van der Waals surface area (Å²) in [6, 6.07) is 6.19. The highest BCUT2D eigenvalue weighted by molar-refractivity contribution is 5.85. The standard InChI is InChI=1S/C15H19FN2O.ClH/c16-12-5-2-1-4-11(12)14-13(17)6-3-9-18(14)15(19)10-7-8-10;/h1-2,4-5,10,13-14H,3,6-9,17H2;1H/t13-,14+;/m1./s1. The van der Waals surface area contributed by atoms with Crippen molar-refractivity contribution < 1.29 is 9.18 Å². The average molecular weight is 299 g/mol. The van der Waals surface area contributed by atoms with Crippen LogP contribution < -0.4 is 5.73 Å².